The van der Waals surface area contributed by atoms with Crippen molar-refractivity contribution >= 4 is 23.3 Å². The zero-order valence-corrected chi connectivity index (χ0v) is 17.4. The number of anilines is 1. The summed E-state index contributed by atoms with van der Waals surface area (Å²) in [6.45, 7) is 2.14. The van der Waals surface area contributed by atoms with Crippen molar-refractivity contribution in [3.05, 3.63) is 101 Å². The van der Waals surface area contributed by atoms with Gasteiger partial charge in [0.1, 0.15) is 0 Å². The van der Waals surface area contributed by atoms with Crippen LogP contribution in [0.5, 0.6) is 0 Å². The molecule has 0 spiro atoms. The molecule has 0 fully saturated rings. The highest BCUT2D eigenvalue weighted by Gasteiger charge is 2.30. The molecule has 4 rings (SSSR count). The molecular weight excluding hydrogens is 388 g/mol. The Bertz CT molecular complexity index is 1120. The third-order valence-electron chi connectivity index (χ3n) is 5.64. The monoisotopic (exact) mass is 412 g/mol. The van der Waals surface area contributed by atoms with Crippen LogP contribution < -0.4 is 5.32 Å². The van der Waals surface area contributed by atoms with Crippen LogP contribution in [0.3, 0.4) is 0 Å². The summed E-state index contributed by atoms with van der Waals surface area (Å²) in [6, 6.07) is 23.6. The second-order valence-electron chi connectivity index (χ2n) is 7.71. The molecule has 1 aliphatic heterocycles. The van der Waals surface area contributed by atoms with Crippen LogP contribution in [-0.4, -0.2) is 29.0 Å². The van der Waals surface area contributed by atoms with Crippen molar-refractivity contribution in [1.82, 2.24) is 4.90 Å². The summed E-state index contributed by atoms with van der Waals surface area (Å²) in [5.41, 5.74) is 3.87. The topological polar surface area (TPSA) is 66.5 Å². The van der Waals surface area contributed by atoms with Crippen molar-refractivity contribution in [1.29, 1.82) is 0 Å². The SMILES string of the molecule is CC(=O)N1CCc2ccccc2C1CC(=O)Nc1cccc(C(=O)c2ccccc2)c1. The molecule has 1 heterocycles. The molecule has 1 aliphatic rings. The van der Waals surface area contributed by atoms with E-state index >= 15 is 0 Å². The van der Waals surface area contributed by atoms with E-state index in [4.69, 9.17) is 0 Å². The van der Waals surface area contributed by atoms with Crippen LogP contribution in [0.15, 0.2) is 78.9 Å². The van der Waals surface area contributed by atoms with Crippen LogP contribution >= 0.6 is 0 Å². The van der Waals surface area contributed by atoms with Gasteiger partial charge in [-0.05, 0) is 29.7 Å². The van der Waals surface area contributed by atoms with E-state index in [1.807, 2.05) is 36.4 Å². The number of rotatable bonds is 5. The van der Waals surface area contributed by atoms with E-state index in [1.54, 1.807) is 41.3 Å². The van der Waals surface area contributed by atoms with Gasteiger partial charge < -0.3 is 10.2 Å². The Morgan fingerprint density at radius 1 is 0.903 bits per heavy atom. The molecular formula is C26H24N2O3. The number of hydrogen-bond acceptors (Lipinski definition) is 3. The summed E-state index contributed by atoms with van der Waals surface area (Å²) in [4.78, 5) is 39.5. The van der Waals surface area contributed by atoms with Gasteiger partial charge >= 0.3 is 0 Å². The molecule has 0 bridgehead atoms. The number of benzene rings is 3. The highest BCUT2D eigenvalue weighted by molar-refractivity contribution is 6.09. The Morgan fingerprint density at radius 2 is 1.61 bits per heavy atom. The quantitative estimate of drug-likeness (QED) is 0.632. The minimum absolute atomic E-state index is 0.0391. The third-order valence-corrected chi connectivity index (χ3v) is 5.64. The van der Waals surface area contributed by atoms with E-state index < -0.39 is 0 Å². The number of carbonyl (C=O) groups excluding carboxylic acids is 3. The van der Waals surface area contributed by atoms with E-state index in [2.05, 4.69) is 11.4 Å². The summed E-state index contributed by atoms with van der Waals surface area (Å²) in [5.74, 6) is -0.333. The number of ketones is 1. The van der Waals surface area contributed by atoms with Gasteiger partial charge in [0.15, 0.2) is 5.78 Å². The Kier molecular flexibility index (Phi) is 5.94. The summed E-state index contributed by atoms with van der Waals surface area (Å²) < 4.78 is 0. The highest BCUT2D eigenvalue weighted by atomic mass is 16.2. The Hall–Kier alpha value is -3.73. The lowest BCUT2D eigenvalue weighted by Gasteiger charge is -2.36. The molecule has 5 heteroatoms. The molecule has 5 nitrogen and oxygen atoms in total. The molecule has 0 radical (unpaired) electrons. The number of nitrogens with one attached hydrogen (secondary N) is 1. The zero-order chi connectivity index (χ0) is 21.8. The molecule has 0 saturated carbocycles. The molecule has 156 valence electrons. The van der Waals surface area contributed by atoms with E-state index in [0.29, 0.717) is 23.4 Å². The molecule has 3 aromatic carbocycles. The fourth-order valence-electron chi connectivity index (χ4n) is 4.13. The van der Waals surface area contributed by atoms with Crippen LogP contribution in [0.25, 0.3) is 0 Å². The Labute approximate surface area is 181 Å². The van der Waals surface area contributed by atoms with Crippen molar-refractivity contribution in [3.8, 4) is 0 Å². The van der Waals surface area contributed by atoms with Gasteiger partial charge in [-0.2, -0.15) is 0 Å². The van der Waals surface area contributed by atoms with Gasteiger partial charge in [0, 0.05) is 30.3 Å². The molecule has 1 unspecified atom stereocenters. The van der Waals surface area contributed by atoms with Crippen molar-refractivity contribution in [2.45, 2.75) is 25.8 Å². The second kappa shape index (κ2) is 8.96. The van der Waals surface area contributed by atoms with Crippen LogP contribution in [0, 0.1) is 0 Å². The van der Waals surface area contributed by atoms with Crippen LogP contribution in [0.2, 0.25) is 0 Å². The predicted molar refractivity (Wildman–Crippen MR) is 120 cm³/mol. The van der Waals surface area contributed by atoms with Gasteiger partial charge in [-0.1, -0.05) is 66.7 Å². The summed E-state index contributed by atoms with van der Waals surface area (Å²) in [6.07, 6.45) is 0.949. The summed E-state index contributed by atoms with van der Waals surface area (Å²) in [5, 5.41) is 2.90. The molecule has 0 aromatic heterocycles. The van der Waals surface area contributed by atoms with Crippen molar-refractivity contribution in [2.24, 2.45) is 0 Å². The predicted octanol–water partition coefficient (Wildman–Crippen LogP) is 4.39. The number of amides is 2. The standard InChI is InChI=1S/C26H24N2O3/c1-18(29)28-15-14-19-8-5-6-13-23(19)24(28)17-25(30)27-22-12-7-11-21(16-22)26(31)20-9-3-2-4-10-20/h2-13,16,24H,14-15,17H2,1H3,(H,27,30). The minimum Gasteiger partial charge on any atom is -0.335 e. The van der Waals surface area contributed by atoms with E-state index in [1.165, 1.54) is 12.5 Å². The lowest BCUT2D eigenvalue weighted by atomic mass is 9.90. The van der Waals surface area contributed by atoms with Gasteiger partial charge in [-0.25, -0.2) is 0 Å². The first-order chi connectivity index (χ1) is 15.0. The third kappa shape index (κ3) is 4.56. The van der Waals surface area contributed by atoms with Gasteiger partial charge in [0.25, 0.3) is 0 Å². The number of hydrogen-bond donors (Lipinski definition) is 1. The molecule has 3 aromatic rings. The maximum absolute atomic E-state index is 12.9. The fourth-order valence-corrected chi connectivity index (χ4v) is 4.13. The second-order valence-corrected chi connectivity index (χ2v) is 7.71. The first-order valence-electron chi connectivity index (χ1n) is 10.4. The lowest BCUT2D eigenvalue weighted by Crippen LogP contribution is -2.40. The van der Waals surface area contributed by atoms with Gasteiger partial charge in [-0.3, -0.25) is 14.4 Å². The lowest BCUT2D eigenvalue weighted by molar-refractivity contribution is -0.132. The van der Waals surface area contributed by atoms with E-state index in [-0.39, 0.29) is 30.1 Å². The maximum Gasteiger partial charge on any atom is 0.226 e. The highest BCUT2D eigenvalue weighted by Crippen LogP contribution is 2.32. The minimum atomic E-state index is -0.295. The molecule has 0 aliphatic carbocycles. The molecule has 2 amide bonds. The van der Waals surface area contributed by atoms with Gasteiger partial charge in [0.05, 0.1) is 12.5 Å². The van der Waals surface area contributed by atoms with Crippen LogP contribution in [0.4, 0.5) is 5.69 Å². The normalized spacial score (nSPS) is 15.1. The van der Waals surface area contributed by atoms with E-state index in [0.717, 1.165) is 12.0 Å². The smallest absolute Gasteiger partial charge is 0.226 e. The zero-order valence-electron chi connectivity index (χ0n) is 17.4. The molecule has 1 N–H and O–H groups in total. The van der Waals surface area contributed by atoms with Crippen molar-refractivity contribution < 1.29 is 14.4 Å². The Morgan fingerprint density at radius 3 is 2.39 bits per heavy atom. The average molecular weight is 412 g/mol. The summed E-state index contributed by atoms with van der Waals surface area (Å²) in [7, 11) is 0. The molecule has 0 saturated heterocycles. The van der Waals surface area contributed by atoms with Crippen LogP contribution in [-0.2, 0) is 16.0 Å². The Balaban J connectivity index is 1.51. The number of carbonyl (C=O) groups is 3. The van der Waals surface area contributed by atoms with Crippen molar-refractivity contribution in [3.63, 3.8) is 0 Å². The van der Waals surface area contributed by atoms with E-state index in [9.17, 15) is 14.4 Å². The first kappa shape index (κ1) is 20.5. The van der Waals surface area contributed by atoms with Crippen molar-refractivity contribution in [2.75, 3.05) is 11.9 Å². The van der Waals surface area contributed by atoms with Crippen LogP contribution in [0.1, 0.15) is 46.4 Å². The molecule has 31 heavy (non-hydrogen) atoms. The molecule has 1 atom stereocenters. The van der Waals surface area contributed by atoms with Gasteiger partial charge in [-0.15, -0.1) is 0 Å². The first-order valence-corrected chi connectivity index (χ1v) is 10.4. The number of fused-ring (bicyclic) bond motifs is 1. The summed E-state index contributed by atoms with van der Waals surface area (Å²) >= 11 is 0. The number of nitrogens with zero attached hydrogens (tertiary/aromatic N) is 1. The van der Waals surface area contributed by atoms with Gasteiger partial charge in [0.2, 0.25) is 11.8 Å². The average Bonchev–Trinajstić information content (AvgIpc) is 2.79. The fraction of sp³-hybridized carbons (Fsp3) is 0.192. The largest absolute Gasteiger partial charge is 0.335 e. The maximum atomic E-state index is 12.9.